The third-order valence-corrected chi connectivity index (χ3v) is 3.78. The molecule has 1 atom stereocenters. The van der Waals surface area contributed by atoms with E-state index in [4.69, 9.17) is 0 Å². The van der Waals surface area contributed by atoms with Crippen molar-refractivity contribution in [1.29, 1.82) is 0 Å². The average molecular weight is 263 g/mol. The molecule has 0 spiro atoms. The van der Waals surface area contributed by atoms with Crippen molar-refractivity contribution in [3.8, 4) is 10.7 Å². The summed E-state index contributed by atoms with van der Waals surface area (Å²) in [7, 11) is 0. The van der Waals surface area contributed by atoms with E-state index in [9.17, 15) is 4.79 Å². The van der Waals surface area contributed by atoms with E-state index >= 15 is 0 Å². The zero-order valence-corrected chi connectivity index (χ0v) is 10.6. The van der Waals surface area contributed by atoms with Gasteiger partial charge >= 0.3 is 0 Å². The molecule has 1 amide bonds. The van der Waals surface area contributed by atoms with Gasteiger partial charge in [-0.05, 0) is 19.3 Å². The second-order valence-electron chi connectivity index (χ2n) is 4.22. The van der Waals surface area contributed by atoms with Crippen LogP contribution in [0.5, 0.6) is 0 Å². The molecule has 6 nitrogen and oxygen atoms in total. The summed E-state index contributed by atoms with van der Waals surface area (Å²) in [4.78, 5) is 16.1. The molecular formula is C11H13N5OS. The number of nitrogens with one attached hydrogen (secondary N) is 1. The maximum Gasteiger partial charge on any atom is 0.244 e. The van der Waals surface area contributed by atoms with Gasteiger partial charge in [0.2, 0.25) is 5.91 Å². The van der Waals surface area contributed by atoms with E-state index in [0.29, 0.717) is 0 Å². The van der Waals surface area contributed by atoms with Crippen molar-refractivity contribution in [2.24, 2.45) is 0 Å². The van der Waals surface area contributed by atoms with Gasteiger partial charge in [0.05, 0.1) is 6.20 Å². The molecule has 0 saturated carbocycles. The molecule has 0 aromatic carbocycles. The third kappa shape index (κ3) is 2.13. The monoisotopic (exact) mass is 263 g/mol. The molecule has 94 valence electrons. The molecule has 3 rings (SSSR count). The SMILES string of the molecule is O=C1NCCCCC1n1cc(-c2nccs2)nn1. The smallest absolute Gasteiger partial charge is 0.244 e. The molecule has 18 heavy (non-hydrogen) atoms. The molecule has 3 heterocycles. The lowest BCUT2D eigenvalue weighted by Crippen LogP contribution is -2.31. The number of carbonyl (C=O) groups excluding carboxylic acids is 1. The first-order chi connectivity index (χ1) is 8.84. The number of nitrogens with zero attached hydrogens (tertiary/aromatic N) is 4. The quantitative estimate of drug-likeness (QED) is 0.885. The Hall–Kier alpha value is -1.76. The number of aromatic nitrogens is 4. The van der Waals surface area contributed by atoms with Crippen molar-refractivity contribution >= 4 is 17.2 Å². The molecule has 7 heteroatoms. The van der Waals surface area contributed by atoms with Gasteiger partial charge in [0.15, 0.2) is 0 Å². The first-order valence-corrected chi connectivity index (χ1v) is 6.82. The van der Waals surface area contributed by atoms with Crippen LogP contribution in [0.15, 0.2) is 17.8 Å². The van der Waals surface area contributed by atoms with Gasteiger partial charge in [0.25, 0.3) is 0 Å². The van der Waals surface area contributed by atoms with E-state index in [1.165, 1.54) is 11.3 Å². The van der Waals surface area contributed by atoms with Crippen LogP contribution in [0.2, 0.25) is 0 Å². The zero-order valence-electron chi connectivity index (χ0n) is 9.74. The molecule has 1 saturated heterocycles. The molecule has 1 fully saturated rings. The van der Waals surface area contributed by atoms with Gasteiger partial charge in [-0.1, -0.05) is 5.21 Å². The van der Waals surface area contributed by atoms with Crippen LogP contribution in [0.3, 0.4) is 0 Å². The Morgan fingerprint density at radius 2 is 2.39 bits per heavy atom. The minimum atomic E-state index is -0.242. The Labute approximate surface area is 108 Å². The lowest BCUT2D eigenvalue weighted by molar-refractivity contribution is -0.124. The van der Waals surface area contributed by atoms with Gasteiger partial charge in [-0.25, -0.2) is 9.67 Å². The average Bonchev–Trinajstić information content (AvgIpc) is 3.00. The molecule has 1 aliphatic heterocycles. The van der Waals surface area contributed by atoms with Gasteiger partial charge in [0.1, 0.15) is 16.7 Å². The maximum atomic E-state index is 11.9. The van der Waals surface area contributed by atoms with Crippen LogP contribution >= 0.6 is 11.3 Å². The van der Waals surface area contributed by atoms with E-state index in [1.807, 2.05) is 5.38 Å². The standard InChI is InChI=1S/C11H13N5OS/c17-10-9(3-1-2-4-12-10)16-7-8(14-15-16)11-13-5-6-18-11/h5-7,9H,1-4H2,(H,12,17). The number of carbonyl (C=O) groups is 1. The summed E-state index contributed by atoms with van der Waals surface area (Å²) in [6.07, 6.45) is 6.39. The second kappa shape index (κ2) is 4.85. The van der Waals surface area contributed by atoms with Crippen molar-refractivity contribution in [3.63, 3.8) is 0 Å². The van der Waals surface area contributed by atoms with Crippen LogP contribution < -0.4 is 5.32 Å². The number of amides is 1. The fourth-order valence-electron chi connectivity index (χ4n) is 2.05. The number of rotatable bonds is 2. The number of hydrogen-bond donors (Lipinski definition) is 1. The molecule has 1 unspecified atom stereocenters. The highest BCUT2D eigenvalue weighted by molar-refractivity contribution is 7.13. The number of thiazole rings is 1. The molecule has 0 radical (unpaired) electrons. The van der Waals surface area contributed by atoms with Crippen LogP contribution in [0.1, 0.15) is 25.3 Å². The molecule has 0 bridgehead atoms. The summed E-state index contributed by atoms with van der Waals surface area (Å²) in [5.41, 5.74) is 0.724. The molecule has 2 aromatic heterocycles. The van der Waals surface area contributed by atoms with Crippen LogP contribution in [-0.2, 0) is 4.79 Å². The topological polar surface area (TPSA) is 72.7 Å². The van der Waals surface area contributed by atoms with Gasteiger partial charge in [-0.15, -0.1) is 16.4 Å². The van der Waals surface area contributed by atoms with Crippen LogP contribution in [0.4, 0.5) is 0 Å². The van der Waals surface area contributed by atoms with Crippen molar-refractivity contribution in [2.75, 3.05) is 6.54 Å². The largest absolute Gasteiger partial charge is 0.354 e. The predicted molar refractivity (Wildman–Crippen MR) is 67.0 cm³/mol. The van der Waals surface area contributed by atoms with Crippen molar-refractivity contribution in [1.82, 2.24) is 25.3 Å². The highest BCUT2D eigenvalue weighted by Gasteiger charge is 2.24. The predicted octanol–water partition coefficient (Wildman–Crippen LogP) is 1.24. The van der Waals surface area contributed by atoms with E-state index in [1.54, 1.807) is 17.1 Å². The van der Waals surface area contributed by atoms with Gasteiger partial charge in [-0.2, -0.15) is 0 Å². The molecule has 1 aliphatic rings. The molecular weight excluding hydrogens is 250 g/mol. The number of hydrogen-bond acceptors (Lipinski definition) is 5. The van der Waals surface area contributed by atoms with Gasteiger partial charge in [-0.3, -0.25) is 4.79 Å². The summed E-state index contributed by atoms with van der Waals surface area (Å²) >= 11 is 1.51. The Balaban J connectivity index is 1.86. The Kier molecular flexibility index (Phi) is 3.06. The van der Waals surface area contributed by atoms with Crippen LogP contribution in [0, 0.1) is 0 Å². The van der Waals surface area contributed by atoms with Gasteiger partial charge in [0, 0.05) is 18.1 Å². The minimum absolute atomic E-state index is 0.0306. The van der Waals surface area contributed by atoms with Crippen molar-refractivity contribution < 1.29 is 4.79 Å². The highest BCUT2D eigenvalue weighted by Crippen LogP contribution is 2.22. The fourth-order valence-corrected chi connectivity index (χ4v) is 2.64. The summed E-state index contributed by atoms with van der Waals surface area (Å²) in [6.45, 7) is 0.753. The van der Waals surface area contributed by atoms with Crippen molar-refractivity contribution in [3.05, 3.63) is 17.8 Å². The molecule has 2 aromatic rings. The first-order valence-electron chi connectivity index (χ1n) is 5.94. The Morgan fingerprint density at radius 1 is 1.44 bits per heavy atom. The van der Waals surface area contributed by atoms with E-state index in [-0.39, 0.29) is 11.9 Å². The summed E-state index contributed by atoms with van der Waals surface area (Å²) in [5.74, 6) is 0.0306. The Morgan fingerprint density at radius 3 is 3.22 bits per heavy atom. The third-order valence-electron chi connectivity index (χ3n) is 2.99. The van der Waals surface area contributed by atoms with Crippen LogP contribution in [0.25, 0.3) is 10.7 Å². The van der Waals surface area contributed by atoms with E-state index < -0.39 is 0 Å². The van der Waals surface area contributed by atoms with E-state index in [2.05, 4.69) is 20.6 Å². The minimum Gasteiger partial charge on any atom is -0.354 e. The highest BCUT2D eigenvalue weighted by atomic mass is 32.1. The lowest BCUT2D eigenvalue weighted by atomic mass is 10.1. The molecule has 0 aliphatic carbocycles. The first kappa shape index (κ1) is 11.3. The summed E-state index contributed by atoms with van der Waals surface area (Å²) in [5, 5.41) is 13.8. The molecule has 1 N–H and O–H groups in total. The summed E-state index contributed by atoms with van der Waals surface area (Å²) < 4.78 is 1.65. The Bertz CT molecular complexity index is 535. The van der Waals surface area contributed by atoms with E-state index in [0.717, 1.165) is 36.5 Å². The summed E-state index contributed by atoms with van der Waals surface area (Å²) in [6, 6.07) is -0.242. The zero-order chi connectivity index (χ0) is 12.4. The lowest BCUT2D eigenvalue weighted by Gasteiger charge is -2.11. The normalized spacial score (nSPS) is 20.4. The fraction of sp³-hybridized carbons (Fsp3) is 0.455. The van der Waals surface area contributed by atoms with Crippen molar-refractivity contribution in [2.45, 2.75) is 25.3 Å². The van der Waals surface area contributed by atoms with Gasteiger partial charge < -0.3 is 5.32 Å². The van der Waals surface area contributed by atoms with Crippen LogP contribution in [-0.4, -0.2) is 32.4 Å². The second-order valence-corrected chi connectivity index (χ2v) is 5.12. The maximum absolute atomic E-state index is 11.9.